The van der Waals surface area contributed by atoms with Crippen LogP contribution in [0.1, 0.15) is 60.3 Å². The van der Waals surface area contributed by atoms with Crippen molar-refractivity contribution < 1.29 is 14.6 Å². The number of nitrogens with one attached hydrogen (secondary N) is 1. The Morgan fingerprint density at radius 3 is 2.06 bits per heavy atom. The number of carbonyl (C=O) groups is 1. The first kappa shape index (κ1) is 15.3. The van der Waals surface area contributed by atoms with Gasteiger partial charge in [0.05, 0.1) is 6.10 Å². The fourth-order valence-electron chi connectivity index (χ4n) is 2.42. The van der Waals surface area contributed by atoms with Crippen LogP contribution in [0.4, 0.5) is 4.79 Å². The van der Waals surface area contributed by atoms with Crippen LogP contribution in [0.2, 0.25) is 0 Å². The molecule has 4 nitrogen and oxygen atoms in total. The summed E-state index contributed by atoms with van der Waals surface area (Å²) in [6.45, 7) is 9.70. The highest BCUT2D eigenvalue weighted by atomic mass is 16.6. The second-order valence-electron chi connectivity index (χ2n) is 6.87. The zero-order chi connectivity index (χ0) is 14.0. The standard InChI is InChI=1S/C14H27NO3/c1-13(2,3)15-12(17)18-14(4,5)10-6-8-11(16)9-7-10/h10-11,16H,6-9H2,1-5H3,(H,15,17). The van der Waals surface area contributed by atoms with Gasteiger partial charge in [0.1, 0.15) is 5.60 Å². The second-order valence-corrected chi connectivity index (χ2v) is 6.87. The van der Waals surface area contributed by atoms with Crippen LogP contribution in [-0.4, -0.2) is 28.4 Å². The van der Waals surface area contributed by atoms with Crippen LogP contribution < -0.4 is 5.32 Å². The normalized spacial score (nSPS) is 25.7. The van der Waals surface area contributed by atoms with E-state index in [4.69, 9.17) is 4.74 Å². The molecule has 1 aliphatic carbocycles. The molecule has 0 atom stereocenters. The van der Waals surface area contributed by atoms with Crippen LogP contribution in [0.15, 0.2) is 0 Å². The largest absolute Gasteiger partial charge is 0.443 e. The average molecular weight is 257 g/mol. The summed E-state index contributed by atoms with van der Waals surface area (Å²) in [5, 5.41) is 12.3. The third-order valence-corrected chi connectivity index (χ3v) is 3.51. The second kappa shape index (κ2) is 5.47. The Hall–Kier alpha value is -0.770. The summed E-state index contributed by atoms with van der Waals surface area (Å²) >= 11 is 0. The molecule has 4 heteroatoms. The number of aliphatic hydroxyl groups excluding tert-OH is 1. The summed E-state index contributed by atoms with van der Waals surface area (Å²) < 4.78 is 5.56. The smallest absolute Gasteiger partial charge is 0.408 e. The van der Waals surface area contributed by atoms with Crippen LogP contribution in [-0.2, 0) is 4.74 Å². The van der Waals surface area contributed by atoms with Crippen molar-refractivity contribution in [3.63, 3.8) is 0 Å². The minimum Gasteiger partial charge on any atom is -0.443 e. The molecular weight excluding hydrogens is 230 g/mol. The van der Waals surface area contributed by atoms with E-state index in [2.05, 4.69) is 5.32 Å². The number of aliphatic hydroxyl groups is 1. The minimum atomic E-state index is -0.477. The van der Waals surface area contributed by atoms with Gasteiger partial charge >= 0.3 is 6.09 Å². The van der Waals surface area contributed by atoms with Crippen molar-refractivity contribution in [2.24, 2.45) is 5.92 Å². The Morgan fingerprint density at radius 1 is 1.11 bits per heavy atom. The molecule has 106 valence electrons. The van der Waals surface area contributed by atoms with Gasteiger partial charge < -0.3 is 15.2 Å². The number of alkyl carbamates (subject to hydrolysis) is 1. The molecule has 0 aromatic heterocycles. The molecule has 0 aromatic carbocycles. The van der Waals surface area contributed by atoms with Gasteiger partial charge in [-0.1, -0.05) is 0 Å². The van der Waals surface area contributed by atoms with Crippen molar-refractivity contribution in [3.05, 3.63) is 0 Å². The zero-order valence-electron chi connectivity index (χ0n) is 12.2. The highest BCUT2D eigenvalue weighted by Crippen LogP contribution is 2.35. The summed E-state index contributed by atoms with van der Waals surface area (Å²) in [5.41, 5.74) is -0.759. The molecule has 18 heavy (non-hydrogen) atoms. The molecule has 0 bridgehead atoms. The Kier molecular flexibility index (Phi) is 4.65. The Labute approximate surface area is 110 Å². The van der Waals surface area contributed by atoms with Crippen LogP contribution in [0.25, 0.3) is 0 Å². The number of hydrogen-bond acceptors (Lipinski definition) is 3. The highest BCUT2D eigenvalue weighted by molar-refractivity contribution is 5.68. The highest BCUT2D eigenvalue weighted by Gasteiger charge is 2.36. The zero-order valence-corrected chi connectivity index (χ0v) is 12.2. The van der Waals surface area contributed by atoms with Gasteiger partial charge in [0.15, 0.2) is 0 Å². The first-order valence-corrected chi connectivity index (χ1v) is 6.79. The molecule has 0 spiro atoms. The van der Waals surface area contributed by atoms with Crippen molar-refractivity contribution >= 4 is 6.09 Å². The lowest BCUT2D eigenvalue weighted by molar-refractivity contribution is -0.0343. The molecule has 0 unspecified atom stereocenters. The van der Waals surface area contributed by atoms with Crippen LogP contribution in [0, 0.1) is 5.92 Å². The molecule has 1 saturated carbocycles. The van der Waals surface area contributed by atoms with Gasteiger partial charge in [-0.05, 0) is 66.2 Å². The molecular formula is C14H27NO3. The minimum absolute atomic E-state index is 0.180. The molecule has 1 aliphatic rings. The van der Waals surface area contributed by atoms with E-state index in [0.717, 1.165) is 25.7 Å². The van der Waals surface area contributed by atoms with Crippen LogP contribution >= 0.6 is 0 Å². The van der Waals surface area contributed by atoms with Gasteiger partial charge in [0.2, 0.25) is 0 Å². The van der Waals surface area contributed by atoms with E-state index >= 15 is 0 Å². The van der Waals surface area contributed by atoms with E-state index in [1.165, 1.54) is 0 Å². The van der Waals surface area contributed by atoms with E-state index < -0.39 is 5.60 Å². The number of hydrogen-bond donors (Lipinski definition) is 2. The monoisotopic (exact) mass is 257 g/mol. The first-order valence-electron chi connectivity index (χ1n) is 6.79. The Morgan fingerprint density at radius 2 is 1.61 bits per heavy atom. The number of carbonyl (C=O) groups excluding carboxylic acids is 1. The molecule has 0 saturated heterocycles. The third-order valence-electron chi connectivity index (χ3n) is 3.51. The topological polar surface area (TPSA) is 58.6 Å². The predicted molar refractivity (Wildman–Crippen MR) is 71.4 cm³/mol. The van der Waals surface area contributed by atoms with Gasteiger partial charge in [0, 0.05) is 5.54 Å². The molecule has 1 fully saturated rings. The average Bonchev–Trinajstić information content (AvgIpc) is 2.13. The Bertz CT molecular complexity index is 286. The lowest BCUT2D eigenvalue weighted by Crippen LogP contribution is -2.47. The predicted octanol–water partition coefficient (Wildman–Crippen LogP) is 2.84. The first-order chi connectivity index (χ1) is 8.10. The molecule has 0 heterocycles. The molecule has 0 radical (unpaired) electrons. The van der Waals surface area contributed by atoms with Gasteiger partial charge in [-0.3, -0.25) is 0 Å². The van der Waals surface area contributed by atoms with Crippen molar-refractivity contribution in [2.45, 2.75) is 77.5 Å². The van der Waals surface area contributed by atoms with Crippen LogP contribution in [0.5, 0.6) is 0 Å². The number of rotatable bonds is 2. The quantitative estimate of drug-likeness (QED) is 0.799. The molecule has 1 rings (SSSR count). The fraction of sp³-hybridized carbons (Fsp3) is 0.929. The number of amides is 1. The summed E-state index contributed by atoms with van der Waals surface area (Å²) in [5.74, 6) is 0.326. The van der Waals surface area contributed by atoms with Crippen molar-refractivity contribution in [2.75, 3.05) is 0 Å². The van der Waals surface area contributed by atoms with E-state index in [0.29, 0.717) is 5.92 Å². The van der Waals surface area contributed by atoms with E-state index in [9.17, 15) is 9.90 Å². The van der Waals surface area contributed by atoms with Crippen molar-refractivity contribution in [3.8, 4) is 0 Å². The molecule has 0 aliphatic heterocycles. The lowest BCUT2D eigenvalue weighted by Gasteiger charge is -2.38. The van der Waals surface area contributed by atoms with Crippen LogP contribution in [0.3, 0.4) is 0 Å². The molecule has 2 N–H and O–H groups in total. The molecule has 0 aromatic rings. The summed E-state index contributed by atoms with van der Waals surface area (Å²) in [6.07, 6.45) is 2.89. The maximum absolute atomic E-state index is 11.8. The van der Waals surface area contributed by atoms with E-state index in [1.54, 1.807) is 0 Å². The molecule has 1 amide bonds. The van der Waals surface area contributed by atoms with Gasteiger partial charge in [0.25, 0.3) is 0 Å². The van der Waals surface area contributed by atoms with Crippen molar-refractivity contribution in [1.82, 2.24) is 5.32 Å². The summed E-state index contributed by atoms with van der Waals surface area (Å²) in [7, 11) is 0. The maximum atomic E-state index is 11.8. The third kappa shape index (κ3) is 4.84. The SMILES string of the molecule is CC(C)(C)NC(=O)OC(C)(C)C1CCC(O)CC1. The lowest BCUT2D eigenvalue weighted by atomic mass is 9.78. The number of ether oxygens (including phenoxy) is 1. The van der Waals surface area contributed by atoms with E-state index in [-0.39, 0.29) is 17.7 Å². The van der Waals surface area contributed by atoms with Crippen molar-refractivity contribution in [1.29, 1.82) is 0 Å². The fourth-order valence-corrected chi connectivity index (χ4v) is 2.42. The van der Waals surface area contributed by atoms with Gasteiger partial charge in [-0.25, -0.2) is 4.79 Å². The summed E-state index contributed by atoms with van der Waals surface area (Å²) in [4.78, 5) is 11.8. The summed E-state index contributed by atoms with van der Waals surface area (Å²) in [6, 6.07) is 0. The Balaban J connectivity index is 2.51. The van der Waals surface area contributed by atoms with Gasteiger partial charge in [-0.15, -0.1) is 0 Å². The maximum Gasteiger partial charge on any atom is 0.408 e. The van der Waals surface area contributed by atoms with E-state index in [1.807, 2.05) is 34.6 Å². The van der Waals surface area contributed by atoms with Gasteiger partial charge in [-0.2, -0.15) is 0 Å².